The van der Waals surface area contributed by atoms with Crippen molar-refractivity contribution in [1.29, 1.82) is 0 Å². The molecule has 0 radical (unpaired) electrons. The molecule has 0 unspecified atom stereocenters. The zero-order chi connectivity index (χ0) is 9.56. The van der Waals surface area contributed by atoms with Gasteiger partial charge in [-0.15, -0.1) is 0 Å². The summed E-state index contributed by atoms with van der Waals surface area (Å²) in [4.78, 5) is 12.7. The summed E-state index contributed by atoms with van der Waals surface area (Å²) in [6, 6.07) is 0. The second-order valence-electron chi connectivity index (χ2n) is 2.46. The van der Waals surface area contributed by atoms with Gasteiger partial charge < -0.3 is 4.90 Å². The second kappa shape index (κ2) is 5.58. The van der Waals surface area contributed by atoms with E-state index in [0.29, 0.717) is 0 Å². The number of rotatable bonds is 1. The third kappa shape index (κ3) is 3.37. The van der Waals surface area contributed by atoms with Crippen LogP contribution in [-0.2, 0) is 4.79 Å². The molecule has 68 valence electrons. The monoisotopic (exact) mass is 167 g/mol. The van der Waals surface area contributed by atoms with E-state index in [4.69, 9.17) is 0 Å². The summed E-state index contributed by atoms with van der Waals surface area (Å²) in [7, 11) is 1.92. The van der Waals surface area contributed by atoms with Crippen molar-refractivity contribution in [3.05, 3.63) is 24.0 Å². The van der Waals surface area contributed by atoms with Crippen LogP contribution in [0.15, 0.2) is 24.0 Å². The molecule has 0 N–H and O–H groups in total. The maximum atomic E-state index is 10.8. The first-order valence-corrected chi connectivity index (χ1v) is 4.30. The molecule has 1 aliphatic heterocycles. The summed E-state index contributed by atoms with van der Waals surface area (Å²) < 4.78 is 0. The maximum absolute atomic E-state index is 10.8. The molecule has 0 bridgehead atoms. The fourth-order valence-electron chi connectivity index (χ4n) is 0.922. The lowest BCUT2D eigenvalue weighted by molar-refractivity contribution is -0.113. The predicted octanol–water partition coefficient (Wildman–Crippen LogP) is 2.33. The van der Waals surface area contributed by atoms with Crippen molar-refractivity contribution in [2.75, 3.05) is 7.05 Å². The molecule has 0 aromatic rings. The van der Waals surface area contributed by atoms with Crippen LogP contribution >= 0.6 is 0 Å². The van der Waals surface area contributed by atoms with Crippen LogP contribution in [0.4, 0.5) is 0 Å². The zero-order valence-electron chi connectivity index (χ0n) is 8.29. The number of ketones is 1. The Bertz CT molecular complexity index is 204. The van der Waals surface area contributed by atoms with Crippen molar-refractivity contribution in [3.63, 3.8) is 0 Å². The molecule has 12 heavy (non-hydrogen) atoms. The largest absolute Gasteiger partial charge is 0.357 e. The van der Waals surface area contributed by atoms with Crippen LogP contribution < -0.4 is 0 Å². The summed E-state index contributed by atoms with van der Waals surface area (Å²) in [6.07, 6.45) is 6.57. The summed E-state index contributed by atoms with van der Waals surface area (Å²) >= 11 is 0. The van der Waals surface area contributed by atoms with Gasteiger partial charge in [-0.1, -0.05) is 19.9 Å². The molecule has 0 aromatic carbocycles. The minimum atomic E-state index is 0.163. The Balaban J connectivity index is 0.000000561. The Kier molecular flexibility index (Phi) is 5.09. The van der Waals surface area contributed by atoms with Crippen molar-refractivity contribution in [2.45, 2.75) is 27.2 Å². The normalized spacial score (nSPS) is 14.7. The number of nitrogens with zero attached hydrogens (tertiary/aromatic N) is 1. The molecule has 0 aromatic heterocycles. The molecule has 0 saturated carbocycles. The summed E-state index contributed by atoms with van der Waals surface area (Å²) in [5.41, 5.74) is 0.880. The Morgan fingerprint density at radius 1 is 1.50 bits per heavy atom. The van der Waals surface area contributed by atoms with Crippen molar-refractivity contribution in [1.82, 2.24) is 4.90 Å². The molecule has 1 rings (SSSR count). The molecule has 0 aliphatic carbocycles. The fraction of sp³-hybridized carbons (Fsp3) is 0.500. The maximum Gasteiger partial charge on any atom is 0.157 e. The van der Waals surface area contributed by atoms with E-state index in [9.17, 15) is 4.79 Å². The highest BCUT2D eigenvalue weighted by Crippen LogP contribution is 2.10. The highest BCUT2D eigenvalue weighted by Gasteiger charge is 2.05. The van der Waals surface area contributed by atoms with Crippen LogP contribution in [0.1, 0.15) is 27.2 Å². The number of carbonyl (C=O) groups is 1. The topological polar surface area (TPSA) is 20.3 Å². The minimum Gasteiger partial charge on any atom is -0.357 e. The predicted molar refractivity (Wildman–Crippen MR) is 51.6 cm³/mol. The number of carbonyl (C=O) groups excluding carboxylic acids is 1. The van der Waals surface area contributed by atoms with E-state index in [1.54, 1.807) is 6.92 Å². The van der Waals surface area contributed by atoms with Gasteiger partial charge in [0.1, 0.15) is 0 Å². The molecule has 0 spiro atoms. The number of Topliss-reactive ketones (excluding diaryl/α,β-unsaturated/α-hetero) is 1. The van der Waals surface area contributed by atoms with E-state index in [1.165, 1.54) is 0 Å². The van der Waals surface area contributed by atoms with Crippen molar-refractivity contribution in [2.24, 2.45) is 0 Å². The van der Waals surface area contributed by atoms with Crippen LogP contribution in [0, 0.1) is 0 Å². The molecular formula is C10H17NO. The summed E-state index contributed by atoms with van der Waals surface area (Å²) in [5.74, 6) is 0.163. The summed E-state index contributed by atoms with van der Waals surface area (Å²) in [6.45, 7) is 5.60. The van der Waals surface area contributed by atoms with Gasteiger partial charge in [0.05, 0.1) is 0 Å². The fourth-order valence-corrected chi connectivity index (χ4v) is 0.922. The molecule has 1 heterocycles. The van der Waals surface area contributed by atoms with Gasteiger partial charge in [-0.25, -0.2) is 0 Å². The third-order valence-corrected chi connectivity index (χ3v) is 1.49. The van der Waals surface area contributed by atoms with Gasteiger partial charge >= 0.3 is 0 Å². The Hall–Kier alpha value is -1.05. The standard InChI is InChI=1S/C8H11NO.C2H6/c1-7(10)8-4-3-5-9(2)6-8;1-2/h3,5-6H,4H2,1-2H3;1-2H3. The van der Waals surface area contributed by atoms with E-state index >= 15 is 0 Å². The molecule has 0 fully saturated rings. The lowest BCUT2D eigenvalue weighted by Crippen LogP contribution is -2.09. The Morgan fingerprint density at radius 3 is 2.42 bits per heavy atom. The number of hydrogen-bond acceptors (Lipinski definition) is 2. The number of hydrogen-bond donors (Lipinski definition) is 0. The van der Waals surface area contributed by atoms with E-state index < -0.39 is 0 Å². The molecule has 0 atom stereocenters. The van der Waals surface area contributed by atoms with Crippen molar-refractivity contribution >= 4 is 5.78 Å². The van der Waals surface area contributed by atoms with Gasteiger partial charge in [0.25, 0.3) is 0 Å². The third-order valence-electron chi connectivity index (χ3n) is 1.49. The van der Waals surface area contributed by atoms with Crippen LogP contribution in [-0.4, -0.2) is 17.7 Å². The minimum absolute atomic E-state index is 0.163. The lowest BCUT2D eigenvalue weighted by atomic mass is 10.1. The van der Waals surface area contributed by atoms with E-state index in [-0.39, 0.29) is 5.78 Å². The average molecular weight is 167 g/mol. The second-order valence-corrected chi connectivity index (χ2v) is 2.46. The quantitative estimate of drug-likeness (QED) is 0.597. The van der Waals surface area contributed by atoms with E-state index in [0.717, 1.165) is 12.0 Å². The van der Waals surface area contributed by atoms with Crippen molar-refractivity contribution in [3.8, 4) is 0 Å². The SMILES string of the molecule is CC.CC(=O)C1=CN(C)C=CC1. The van der Waals surface area contributed by atoms with E-state index in [1.807, 2.05) is 44.3 Å². The first-order valence-electron chi connectivity index (χ1n) is 4.30. The Morgan fingerprint density at radius 2 is 2.08 bits per heavy atom. The molecular weight excluding hydrogens is 150 g/mol. The molecule has 2 nitrogen and oxygen atoms in total. The van der Waals surface area contributed by atoms with Gasteiger partial charge in [-0.2, -0.15) is 0 Å². The van der Waals surface area contributed by atoms with Gasteiger partial charge in [-0.05, 0) is 19.5 Å². The first-order chi connectivity index (χ1) is 5.70. The molecule has 1 aliphatic rings. The number of allylic oxidation sites excluding steroid dienone is 2. The molecule has 0 saturated heterocycles. The zero-order valence-corrected chi connectivity index (χ0v) is 8.29. The van der Waals surface area contributed by atoms with E-state index in [2.05, 4.69) is 0 Å². The van der Waals surface area contributed by atoms with Gasteiger partial charge in [-0.3, -0.25) is 4.79 Å². The molecule has 0 amide bonds. The van der Waals surface area contributed by atoms with Gasteiger partial charge in [0.15, 0.2) is 5.78 Å². The van der Waals surface area contributed by atoms with Gasteiger partial charge in [0, 0.05) is 18.8 Å². The summed E-state index contributed by atoms with van der Waals surface area (Å²) in [5, 5.41) is 0. The van der Waals surface area contributed by atoms with Crippen molar-refractivity contribution < 1.29 is 4.79 Å². The molecule has 2 heteroatoms. The van der Waals surface area contributed by atoms with Crippen LogP contribution in [0.2, 0.25) is 0 Å². The first kappa shape index (κ1) is 11.0. The van der Waals surface area contributed by atoms with Crippen LogP contribution in [0.25, 0.3) is 0 Å². The average Bonchev–Trinajstić information content (AvgIpc) is 2.08. The highest BCUT2D eigenvalue weighted by atomic mass is 16.1. The van der Waals surface area contributed by atoms with Crippen LogP contribution in [0.5, 0.6) is 0 Å². The highest BCUT2D eigenvalue weighted by molar-refractivity contribution is 5.93. The lowest BCUT2D eigenvalue weighted by Gasteiger charge is -2.14. The van der Waals surface area contributed by atoms with Crippen LogP contribution in [0.3, 0.4) is 0 Å². The Labute approximate surface area is 74.6 Å². The smallest absolute Gasteiger partial charge is 0.157 e. The van der Waals surface area contributed by atoms with Gasteiger partial charge in [0.2, 0.25) is 0 Å².